The molecular formula is C15H10N4O2. The van der Waals surface area contributed by atoms with Crippen molar-refractivity contribution < 1.29 is 9.53 Å². The first-order chi connectivity index (χ1) is 10.2. The molecule has 0 atom stereocenters. The van der Waals surface area contributed by atoms with Crippen LogP contribution in [0.2, 0.25) is 0 Å². The van der Waals surface area contributed by atoms with Crippen LogP contribution < -0.4 is 5.32 Å². The molecule has 0 saturated heterocycles. The van der Waals surface area contributed by atoms with Gasteiger partial charge in [-0.1, -0.05) is 18.2 Å². The Morgan fingerprint density at radius 2 is 1.86 bits per heavy atom. The maximum Gasteiger partial charge on any atom is 0.330 e. The maximum atomic E-state index is 11.1. The van der Waals surface area contributed by atoms with Crippen molar-refractivity contribution in [3.05, 3.63) is 47.2 Å². The lowest BCUT2D eigenvalue weighted by atomic mass is 10.1. The van der Waals surface area contributed by atoms with Gasteiger partial charge in [0, 0.05) is 11.8 Å². The zero-order chi connectivity index (χ0) is 15.7. The van der Waals surface area contributed by atoms with E-state index < -0.39 is 5.97 Å². The van der Waals surface area contributed by atoms with Gasteiger partial charge in [0.05, 0.1) is 7.11 Å². The molecule has 0 amide bonds. The van der Waals surface area contributed by atoms with E-state index >= 15 is 0 Å². The number of nitrogens with one attached hydrogen (secondary N) is 1. The lowest BCUT2D eigenvalue weighted by molar-refractivity contribution is -0.134. The van der Waals surface area contributed by atoms with Gasteiger partial charge in [-0.15, -0.1) is 0 Å². The molecule has 0 fully saturated rings. The molecule has 0 aliphatic rings. The third-order valence-electron chi connectivity index (χ3n) is 2.41. The Labute approximate surface area is 121 Å². The largest absolute Gasteiger partial charge is 0.466 e. The van der Waals surface area contributed by atoms with Crippen LogP contribution in [0.5, 0.6) is 0 Å². The minimum Gasteiger partial charge on any atom is -0.466 e. The molecule has 6 heteroatoms. The highest BCUT2D eigenvalue weighted by atomic mass is 16.5. The van der Waals surface area contributed by atoms with Crippen LogP contribution in [-0.2, 0) is 9.53 Å². The van der Waals surface area contributed by atoms with Gasteiger partial charge in [-0.25, -0.2) is 4.79 Å². The van der Waals surface area contributed by atoms with E-state index in [0.29, 0.717) is 11.3 Å². The zero-order valence-electron chi connectivity index (χ0n) is 11.1. The second-order valence-electron chi connectivity index (χ2n) is 3.65. The number of hydrogen-bond donors (Lipinski definition) is 1. The molecule has 0 radical (unpaired) electrons. The Balaban J connectivity index is 3.17. The van der Waals surface area contributed by atoms with Crippen LogP contribution in [-0.4, -0.2) is 13.1 Å². The van der Waals surface area contributed by atoms with Gasteiger partial charge in [-0.2, -0.15) is 15.8 Å². The predicted octanol–water partition coefficient (Wildman–Crippen LogP) is 2.11. The third-order valence-corrected chi connectivity index (χ3v) is 2.41. The van der Waals surface area contributed by atoms with E-state index in [0.717, 1.165) is 0 Å². The van der Waals surface area contributed by atoms with Crippen LogP contribution in [0.4, 0.5) is 5.69 Å². The summed E-state index contributed by atoms with van der Waals surface area (Å²) >= 11 is 0. The Bertz CT molecular complexity index is 711. The SMILES string of the molecule is COC(=O)C=Cc1ccccc1NC(C#N)=C(C#N)C#N. The summed E-state index contributed by atoms with van der Waals surface area (Å²) in [5.41, 5.74) is 0.617. The molecule has 1 rings (SSSR count). The Morgan fingerprint density at radius 1 is 1.19 bits per heavy atom. The number of nitriles is 3. The van der Waals surface area contributed by atoms with Gasteiger partial charge in [0.25, 0.3) is 0 Å². The number of hydrogen-bond acceptors (Lipinski definition) is 6. The summed E-state index contributed by atoms with van der Waals surface area (Å²) in [5.74, 6) is -0.518. The number of allylic oxidation sites excluding steroid dienone is 2. The third kappa shape index (κ3) is 4.24. The van der Waals surface area contributed by atoms with Crippen molar-refractivity contribution in [3.8, 4) is 18.2 Å². The van der Waals surface area contributed by atoms with E-state index in [-0.39, 0.29) is 11.3 Å². The Kier molecular flexibility index (Phi) is 5.74. The molecule has 0 unspecified atom stereocenters. The molecule has 0 bridgehead atoms. The van der Waals surface area contributed by atoms with Gasteiger partial charge in [-0.3, -0.25) is 0 Å². The number of esters is 1. The van der Waals surface area contributed by atoms with Crippen molar-refractivity contribution in [1.82, 2.24) is 0 Å². The fourth-order valence-corrected chi connectivity index (χ4v) is 1.40. The number of ether oxygens (including phenoxy) is 1. The van der Waals surface area contributed by atoms with Crippen molar-refractivity contribution in [2.24, 2.45) is 0 Å². The molecule has 1 aromatic rings. The van der Waals surface area contributed by atoms with E-state index in [1.165, 1.54) is 19.3 Å². The molecule has 0 saturated carbocycles. The molecule has 1 N–H and O–H groups in total. The van der Waals surface area contributed by atoms with Gasteiger partial charge >= 0.3 is 5.97 Å². The molecule has 102 valence electrons. The first-order valence-corrected chi connectivity index (χ1v) is 5.73. The predicted molar refractivity (Wildman–Crippen MR) is 75.0 cm³/mol. The van der Waals surface area contributed by atoms with Crippen LogP contribution in [0, 0.1) is 34.0 Å². The highest BCUT2D eigenvalue weighted by Gasteiger charge is 2.08. The Morgan fingerprint density at radius 3 is 2.43 bits per heavy atom. The van der Waals surface area contributed by atoms with E-state index in [1.54, 1.807) is 42.5 Å². The second-order valence-corrected chi connectivity index (χ2v) is 3.65. The number of nitrogens with zero attached hydrogens (tertiary/aromatic N) is 3. The monoisotopic (exact) mass is 278 g/mol. The van der Waals surface area contributed by atoms with Gasteiger partial charge in [0.15, 0.2) is 5.57 Å². The summed E-state index contributed by atoms with van der Waals surface area (Å²) < 4.78 is 4.49. The molecule has 0 aromatic heterocycles. The standard InChI is InChI=1S/C15H10N4O2/c1-21-15(20)7-6-11-4-2-3-5-13(11)19-14(10-18)12(8-16)9-17/h2-7,19H,1H3. The van der Waals surface area contributed by atoms with Gasteiger partial charge in [0.2, 0.25) is 0 Å². The van der Waals surface area contributed by atoms with Gasteiger partial charge in [-0.05, 0) is 17.7 Å². The molecular weight excluding hydrogens is 268 g/mol. The minimum absolute atomic E-state index is 0.154. The maximum absolute atomic E-state index is 11.1. The van der Waals surface area contributed by atoms with Crippen LogP contribution in [0.3, 0.4) is 0 Å². The number of para-hydroxylation sites is 1. The molecule has 1 aromatic carbocycles. The minimum atomic E-state index is -0.518. The molecule has 6 nitrogen and oxygen atoms in total. The highest BCUT2D eigenvalue weighted by molar-refractivity contribution is 5.88. The fourth-order valence-electron chi connectivity index (χ4n) is 1.40. The second kappa shape index (κ2) is 7.78. The lowest BCUT2D eigenvalue weighted by Crippen LogP contribution is -2.02. The van der Waals surface area contributed by atoms with E-state index in [9.17, 15) is 4.79 Å². The quantitative estimate of drug-likeness (QED) is 0.513. The summed E-state index contributed by atoms with van der Waals surface area (Å²) in [5, 5.41) is 29.3. The first-order valence-electron chi connectivity index (χ1n) is 5.73. The number of carbonyl (C=O) groups is 1. The van der Waals surface area contributed by atoms with Gasteiger partial charge in [0.1, 0.15) is 23.9 Å². The van der Waals surface area contributed by atoms with E-state index in [1.807, 2.05) is 0 Å². The highest BCUT2D eigenvalue weighted by Crippen LogP contribution is 2.19. The smallest absolute Gasteiger partial charge is 0.330 e. The lowest BCUT2D eigenvalue weighted by Gasteiger charge is -2.08. The van der Waals surface area contributed by atoms with Crippen molar-refractivity contribution in [3.63, 3.8) is 0 Å². The van der Waals surface area contributed by atoms with E-state index in [2.05, 4.69) is 10.1 Å². The van der Waals surface area contributed by atoms with Gasteiger partial charge < -0.3 is 10.1 Å². The van der Waals surface area contributed by atoms with Crippen molar-refractivity contribution in [2.75, 3.05) is 12.4 Å². The molecule has 21 heavy (non-hydrogen) atoms. The van der Waals surface area contributed by atoms with Crippen LogP contribution in [0.1, 0.15) is 5.56 Å². The van der Waals surface area contributed by atoms with Crippen LogP contribution >= 0.6 is 0 Å². The van der Waals surface area contributed by atoms with Crippen LogP contribution in [0.25, 0.3) is 6.08 Å². The molecule has 0 aliphatic heterocycles. The Hall–Kier alpha value is -3.56. The summed E-state index contributed by atoms with van der Waals surface area (Å²) in [4.78, 5) is 11.1. The molecule has 0 spiro atoms. The first kappa shape index (κ1) is 15.5. The average molecular weight is 278 g/mol. The summed E-state index contributed by atoms with van der Waals surface area (Å²) in [6, 6.07) is 11.9. The summed E-state index contributed by atoms with van der Waals surface area (Å²) in [6.45, 7) is 0. The summed E-state index contributed by atoms with van der Waals surface area (Å²) in [7, 11) is 1.26. The zero-order valence-corrected chi connectivity index (χ0v) is 11.1. The van der Waals surface area contributed by atoms with Crippen molar-refractivity contribution >= 4 is 17.7 Å². The number of carbonyl (C=O) groups excluding carboxylic acids is 1. The van der Waals surface area contributed by atoms with Crippen molar-refractivity contribution in [2.45, 2.75) is 0 Å². The van der Waals surface area contributed by atoms with Crippen LogP contribution in [0.15, 0.2) is 41.6 Å². The molecule has 0 aliphatic carbocycles. The number of rotatable bonds is 4. The van der Waals surface area contributed by atoms with E-state index in [4.69, 9.17) is 15.8 Å². The number of anilines is 1. The fraction of sp³-hybridized carbons (Fsp3) is 0.0667. The number of methoxy groups -OCH3 is 1. The molecule has 0 heterocycles. The van der Waals surface area contributed by atoms with Crippen molar-refractivity contribution in [1.29, 1.82) is 15.8 Å². The normalized spacial score (nSPS) is 9.05. The average Bonchev–Trinajstić information content (AvgIpc) is 2.53. The summed E-state index contributed by atoms with van der Waals surface area (Å²) in [6.07, 6.45) is 2.73. The topological polar surface area (TPSA) is 110 Å². The number of benzene rings is 1.